The Kier molecular flexibility index (Phi) is 7.87. The van der Waals surface area contributed by atoms with Crippen molar-refractivity contribution in [2.75, 3.05) is 31.8 Å². The molecule has 27 heavy (non-hydrogen) atoms. The maximum Gasteiger partial charge on any atom is 0.313 e. The number of esters is 1. The topological polar surface area (TPSA) is 172 Å². The van der Waals surface area contributed by atoms with Gasteiger partial charge in [-0.3, -0.25) is 8.98 Å². The third-order valence-electron chi connectivity index (χ3n) is 4.52. The van der Waals surface area contributed by atoms with E-state index < -0.39 is 69.1 Å². The quantitative estimate of drug-likeness (QED) is 0.163. The van der Waals surface area contributed by atoms with Crippen molar-refractivity contribution in [1.29, 1.82) is 0 Å². The molecule has 0 spiro atoms. The summed E-state index contributed by atoms with van der Waals surface area (Å²) in [5.74, 6) is -1.13. The molecule has 0 aromatic rings. The molecule has 0 aromatic heterocycles. The number of carbonyl (C=O) groups is 1. The standard InChI is InChI=1S/C14H24O11S2/c1-7(13(18)22-2)14-23-4-9(25-27(19,20)21)10(24-14)6-26-5-8(16)12(17)11(26)3-15/h7-12,14-17H,3-6H2,1-2H3/t7?,8-,9+,10-,11-,12+,14?,26?/m1/s1. The Balaban J connectivity index is 2.15. The summed E-state index contributed by atoms with van der Waals surface area (Å²) in [7, 11) is -4.57. The zero-order chi connectivity index (χ0) is 20.4. The van der Waals surface area contributed by atoms with Crippen LogP contribution in [-0.2, 0) is 44.5 Å². The summed E-state index contributed by atoms with van der Waals surface area (Å²) in [6, 6.07) is 0. The number of ether oxygens (including phenoxy) is 3. The van der Waals surface area contributed by atoms with Crippen molar-refractivity contribution in [3.8, 4) is 0 Å². The van der Waals surface area contributed by atoms with Gasteiger partial charge in [0.05, 0.1) is 20.3 Å². The molecule has 2 aliphatic rings. The smallest absolute Gasteiger partial charge is 0.313 e. The maximum atomic E-state index is 11.7. The fourth-order valence-electron chi connectivity index (χ4n) is 3.05. The van der Waals surface area contributed by atoms with Gasteiger partial charge in [-0.15, -0.1) is 0 Å². The van der Waals surface area contributed by atoms with E-state index in [2.05, 4.69) is 8.92 Å². The number of rotatable bonds is 7. The second-order valence-electron chi connectivity index (χ2n) is 6.38. The van der Waals surface area contributed by atoms with Crippen molar-refractivity contribution >= 4 is 27.3 Å². The predicted octanol–water partition coefficient (Wildman–Crippen LogP) is -2.90. The van der Waals surface area contributed by atoms with Crippen LogP contribution in [0.3, 0.4) is 0 Å². The molecule has 2 saturated heterocycles. The molecule has 3 N–H and O–H groups in total. The van der Waals surface area contributed by atoms with Crippen LogP contribution in [0.15, 0.2) is 0 Å². The van der Waals surface area contributed by atoms with Crippen LogP contribution in [0.5, 0.6) is 0 Å². The van der Waals surface area contributed by atoms with Crippen LogP contribution in [0.2, 0.25) is 0 Å². The molecule has 0 saturated carbocycles. The molecule has 11 nitrogen and oxygen atoms in total. The summed E-state index contributed by atoms with van der Waals surface area (Å²) in [6.45, 7) is 0.809. The highest BCUT2D eigenvalue weighted by molar-refractivity contribution is 7.97. The van der Waals surface area contributed by atoms with Crippen molar-refractivity contribution in [3.63, 3.8) is 0 Å². The summed E-state index contributed by atoms with van der Waals surface area (Å²) < 4.78 is 53.1. The van der Waals surface area contributed by atoms with E-state index in [0.29, 0.717) is 0 Å². The Bertz CT molecular complexity index is 612. The van der Waals surface area contributed by atoms with Crippen LogP contribution in [0.4, 0.5) is 0 Å². The van der Waals surface area contributed by atoms with E-state index in [4.69, 9.17) is 9.47 Å². The zero-order valence-electron chi connectivity index (χ0n) is 14.8. The Morgan fingerprint density at radius 2 is 2.07 bits per heavy atom. The average Bonchev–Trinajstić information content (AvgIpc) is 2.87. The minimum absolute atomic E-state index is 0.104. The van der Waals surface area contributed by atoms with E-state index in [9.17, 15) is 33.1 Å². The largest absolute Gasteiger partial charge is 0.726 e. The zero-order valence-corrected chi connectivity index (χ0v) is 16.4. The van der Waals surface area contributed by atoms with Gasteiger partial charge in [0.15, 0.2) is 11.5 Å². The lowest BCUT2D eigenvalue weighted by Gasteiger charge is -2.37. The van der Waals surface area contributed by atoms with Crippen molar-refractivity contribution in [2.24, 2.45) is 5.92 Å². The van der Waals surface area contributed by atoms with E-state index in [1.165, 1.54) is 14.0 Å². The fourth-order valence-corrected chi connectivity index (χ4v) is 6.30. The fraction of sp³-hybridized carbons (Fsp3) is 0.929. The summed E-state index contributed by atoms with van der Waals surface area (Å²) in [5, 5.41) is 28.7. The number of carbonyl (C=O) groups excluding carboxylic acids is 1. The molecule has 8 atom stereocenters. The molecule has 158 valence electrons. The van der Waals surface area contributed by atoms with E-state index in [1.54, 1.807) is 0 Å². The SMILES string of the molecule is COC(=O)C(C)C1OC[C@H](OS(=O)(=O)[O-])[C@@H](C[S+]2C[C@@H](O)[C@H](O)[C@H]2CO)O1. The van der Waals surface area contributed by atoms with Gasteiger partial charge in [-0.25, -0.2) is 8.42 Å². The van der Waals surface area contributed by atoms with Gasteiger partial charge >= 0.3 is 5.97 Å². The Labute approximate surface area is 159 Å². The number of aliphatic hydroxyl groups excluding tert-OH is 3. The van der Waals surface area contributed by atoms with Crippen molar-refractivity contribution in [2.45, 2.75) is 42.9 Å². The maximum absolute atomic E-state index is 11.7. The second kappa shape index (κ2) is 9.33. The van der Waals surface area contributed by atoms with Crippen molar-refractivity contribution in [1.82, 2.24) is 0 Å². The Morgan fingerprint density at radius 1 is 1.41 bits per heavy atom. The monoisotopic (exact) mass is 432 g/mol. The first-order valence-corrected chi connectivity index (χ1v) is 11.2. The first kappa shape index (κ1) is 22.8. The minimum Gasteiger partial charge on any atom is -0.726 e. The van der Waals surface area contributed by atoms with Gasteiger partial charge in [-0.1, -0.05) is 0 Å². The number of methoxy groups -OCH3 is 1. The first-order valence-electron chi connectivity index (χ1n) is 8.19. The molecular weight excluding hydrogens is 408 g/mol. The molecule has 0 bridgehead atoms. The van der Waals surface area contributed by atoms with E-state index >= 15 is 0 Å². The lowest BCUT2D eigenvalue weighted by molar-refractivity contribution is -0.258. The summed E-state index contributed by atoms with van der Waals surface area (Å²) in [6.07, 6.45) is -5.42. The summed E-state index contributed by atoms with van der Waals surface area (Å²) in [5.41, 5.74) is 0. The third-order valence-corrected chi connectivity index (χ3v) is 7.81. The lowest BCUT2D eigenvalue weighted by Crippen LogP contribution is -2.52. The molecule has 0 amide bonds. The molecule has 3 unspecified atom stereocenters. The van der Waals surface area contributed by atoms with Gasteiger partial charge in [0.2, 0.25) is 10.4 Å². The molecule has 2 fully saturated rings. The van der Waals surface area contributed by atoms with E-state index in [-0.39, 0.29) is 24.7 Å². The summed E-state index contributed by atoms with van der Waals surface area (Å²) >= 11 is 0. The lowest BCUT2D eigenvalue weighted by atomic mass is 10.1. The van der Waals surface area contributed by atoms with Crippen LogP contribution in [0.1, 0.15) is 6.92 Å². The normalized spacial score (nSPS) is 38.5. The van der Waals surface area contributed by atoms with Crippen LogP contribution >= 0.6 is 0 Å². The number of hydrogen-bond acceptors (Lipinski definition) is 11. The number of hydrogen-bond donors (Lipinski definition) is 3. The van der Waals surface area contributed by atoms with Gasteiger partial charge in [-0.2, -0.15) is 0 Å². The van der Waals surface area contributed by atoms with E-state index in [0.717, 1.165) is 0 Å². The third kappa shape index (κ3) is 5.74. The van der Waals surface area contributed by atoms with Gasteiger partial charge in [-0.05, 0) is 6.92 Å². The van der Waals surface area contributed by atoms with Crippen LogP contribution < -0.4 is 0 Å². The number of aliphatic hydroxyl groups is 3. The van der Waals surface area contributed by atoms with Crippen LogP contribution in [-0.4, -0.2) is 102 Å². The minimum atomic E-state index is -5.04. The predicted molar refractivity (Wildman–Crippen MR) is 90.3 cm³/mol. The Morgan fingerprint density at radius 3 is 2.63 bits per heavy atom. The Hall–Kier alpha value is -0.510. The summed E-state index contributed by atoms with van der Waals surface area (Å²) in [4.78, 5) is 11.7. The highest BCUT2D eigenvalue weighted by atomic mass is 32.3. The van der Waals surface area contributed by atoms with Crippen LogP contribution in [0.25, 0.3) is 0 Å². The van der Waals surface area contributed by atoms with Crippen molar-refractivity contribution < 1.29 is 51.5 Å². The molecule has 2 heterocycles. The highest BCUT2D eigenvalue weighted by Gasteiger charge is 2.52. The van der Waals surface area contributed by atoms with Gasteiger partial charge in [0, 0.05) is 10.9 Å². The second-order valence-corrected chi connectivity index (χ2v) is 9.74. The highest BCUT2D eigenvalue weighted by Crippen LogP contribution is 2.29. The molecule has 2 rings (SSSR count). The molecule has 0 aromatic carbocycles. The van der Waals surface area contributed by atoms with Gasteiger partial charge in [0.1, 0.15) is 41.8 Å². The van der Waals surface area contributed by atoms with Crippen LogP contribution in [0, 0.1) is 5.92 Å². The average molecular weight is 432 g/mol. The molecule has 2 aliphatic heterocycles. The van der Waals surface area contributed by atoms with E-state index in [1.807, 2.05) is 0 Å². The van der Waals surface area contributed by atoms with Gasteiger partial charge in [0.25, 0.3) is 0 Å². The van der Waals surface area contributed by atoms with Gasteiger partial charge < -0.3 is 34.1 Å². The first-order chi connectivity index (χ1) is 12.6. The van der Waals surface area contributed by atoms with Crippen molar-refractivity contribution in [3.05, 3.63) is 0 Å². The molecular formula is C14H24O11S2. The molecule has 13 heteroatoms. The molecule has 0 aliphatic carbocycles. The molecule has 0 radical (unpaired) electrons.